The van der Waals surface area contributed by atoms with Crippen LogP contribution in [0.3, 0.4) is 0 Å². The summed E-state index contributed by atoms with van der Waals surface area (Å²) in [7, 11) is 0. The molecule has 1 aliphatic heterocycles. The largest absolute Gasteiger partial charge is 0.486 e. The Balaban J connectivity index is 0.00000147. The van der Waals surface area contributed by atoms with Gasteiger partial charge in [-0.2, -0.15) is 0 Å². The predicted octanol–water partition coefficient (Wildman–Crippen LogP) is 2.71. The van der Waals surface area contributed by atoms with E-state index in [4.69, 9.17) is 4.74 Å². The van der Waals surface area contributed by atoms with Gasteiger partial charge in [-0.25, -0.2) is 0 Å². The number of hydrogen-bond acceptors (Lipinski definition) is 3. The van der Waals surface area contributed by atoms with Crippen molar-refractivity contribution in [1.29, 1.82) is 0 Å². The fourth-order valence-corrected chi connectivity index (χ4v) is 2.67. The number of hydrogen-bond donors (Lipinski definition) is 1. The monoisotopic (exact) mass is 293 g/mol. The van der Waals surface area contributed by atoms with Crippen LogP contribution >= 0.6 is 12.4 Å². The highest BCUT2D eigenvalue weighted by Gasteiger charge is 2.32. The molecule has 108 valence electrons. The number of halogens is 1. The highest BCUT2D eigenvalue weighted by atomic mass is 35.5. The van der Waals surface area contributed by atoms with Gasteiger partial charge in [0.1, 0.15) is 18.0 Å². The van der Waals surface area contributed by atoms with Crippen LogP contribution in [-0.2, 0) is 0 Å². The van der Waals surface area contributed by atoms with Crippen molar-refractivity contribution in [2.45, 2.75) is 19.1 Å². The molecular formula is C16H20ClNO2. The maximum atomic E-state index is 10.1. The molecule has 0 spiro atoms. The number of likely N-dealkylation sites (tertiary alicyclic amines) is 1. The second-order valence-electron chi connectivity index (χ2n) is 5.05. The molecule has 0 bridgehead atoms. The maximum Gasteiger partial charge on any atom is 0.138 e. The van der Waals surface area contributed by atoms with Gasteiger partial charge in [-0.15, -0.1) is 12.4 Å². The van der Waals surface area contributed by atoms with Crippen molar-refractivity contribution in [3.63, 3.8) is 0 Å². The Kier molecular flexibility index (Phi) is 4.86. The summed E-state index contributed by atoms with van der Waals surface area (Å²) in [6.45, 7) is 4.55. The van der Waals surface area contributed by atoms with Gasteiger partial charge in [-0.3, -0.25) is 4.90 Å². The summed E-state index contributed by atoms with van der Waals surface area (Å²) in [5.74, 6) is 0.861. The lowest BCUT2D eigenvalue weighted by molar-refractivity contribution is 0.0747. The SMILES string of the molecule is CCN1CC(O)C(Oc2cccc3ccccc23)C1.Cl. The molecule has 1 saturated heterocycles. The average molecular weight is 294 g/mol. The Hall–Kier alpha value is -1.29. The van der Waals surface area contributed by atoms with Crippen LogP contribution in [0.15, 0.2) is 42.5 Å². The standard InChI is InChI=1S/C16H19NO2.ClH/c1-2-17-10-14(18)16(11-17)19-15-9-5-7-12-6-3-4-8-13(12)15;/h3-9,14,16,18H,2,10-11H2,1H3;1H. The van der Waals surface area contributed by atoms with Gasteiger partial charge in [0, 0.05) is 18.5 Å². The Bertz CT molecular complexity index is 570. The fourth-order valence-electron chi connectivity index (χ4n) is 2.67. The summed E-state index contributed by atoms with van der Waals surface area (Å²) >= 11 is 0. The lowest BCUT2D eigenvalue weighted by Gasteiger charge is -2.18. The first-order valence-corrected chi connectivity index (χ1v) is 6.83. The lowest BCUT2D eigenvalue weighted by atomic mass is 10.1. The molecule has 1 heterocycles. The topological polar surface area (TPSA) is 32.7 Å². The molecular weight excluding hydrogens is 274 g/mol. The van der Waals surface area contributed by atoms with E-state index in [2.05, 4.69) is 30.0 Å². The Morgan fingerprint density at radius 3 is 2.65 bits per heavy atom. The van der Waals surface area contributed by atoms with Crippen molar-refractivity contribution in [2.75, 3.05) is 19.6 Å². The van der Waals surface area contributed by atoms with Crippen molar-refractivity contribution in [3.8, 4) is 5.75 Å². The molecule has 0 radical (unpaired) electrons. The van der Waals surface area contributed by atoms with Gasteiger partial charge >= 0.3 is 0 Å². The number of benzene rings is 2. The second kappa shape index (κ2) is 6.44. The van der Waals surface area contributed by atoms with Gasteiger partial charge in [0.05, 0.1) is 0 Å². The predicted molar refractivity (Wildman–Crippen MR) is 83.7 cm³/mol. The van der Waals surface area contributed by atoms with Crippen LogP contribution in [0.1, 0.15) is 6.92 Å². The third-order valence-electron chi connectivity index (χ3n) is 3.79. The molecule has 2 unspecified atom stereocenters. The quantitative estimate of drug-likeness (QED) is 0.944. The van der Waals surface area contributed by atoms with Crippen LogP contribution in [-0.4, -0.2) is 41.8 Å². The number of rotatable bonds is 3. The van der Waals surface area contributed by atoms with Crippen molar-refractivity contribution in [3.05, 3.63) is 42.5 Å². The minimum absolute atomic E-state index is 0. The Morgan fingerprint density at radius 1 is 1.15 bits per heavy atom. The van der Waals surface area contributed by atoms with Crippen LogP contribution in [0.2, 0.25) is 0 Å². The molecule has 1 aliphatic rings. The smallest absolute Gasteiger partial charge is 0.138 e. The highest BCUT2D eigenvalue weighted by molar-refractivity contribution is 5.88. The molecule has 0 saturated carbocycles. The summed E-state index contributed by atoms with van der Waals surface area (Å²) in [5, 5.41) is 12.3. The van der Waals surface area contributed by atoms with Crippen molar-refractivity contribution >= 4 is 23.2 Å². The minimum Gasteiger partial charge on any atom is -0.486 e. The first kappa shape index (κ1) is 15.1. The molecule has 3 nitrogen and oxygen atoms in total. The zero-order valence-corrected chi connectivity index (χ0v) is 12.3. The molecule has 2 aromatic carbocycles. The third-order valence-corrected chi connectivity index (χ3v) is 3.79. The lowest BCUT2D eigenvalue weighted by Crippen LogP contribution is -2.30. The molecule has 4 heteroatoms. The zero-order valence-electron chi connectivity index (χ0n) is 11.5. The highest BCUT2D eigenvalue weighted by Crippen LogP contribution is 2.27. The van der Waals surface area contributed by atoms with Gasteiger partial charge in [0.25, 0.3) is 0 Å². The van der Waals surface area contributed by atoms with Gasteiger partial charge < -0.3 is 9.84 Å². The van der Waals surface area contributed by atoms with Gasteiger partial charge in [-0.05, 0) is 18.0 Å². The Labute approximate surface area is 125 Å². The van der Waals surface area contributed by atoms with E-state index in [-0.39, 0.29) is 18.5 Å². The van der Waals surface area contributed by atoms with Gasteiger partial charge in [0.2, 0.25) is 0 Å². The zero-order chi connectivity index (χ0) is 13.2. The third kappa shape index (κ3) is 2.90. The molecule has 1 N–H and O–H groups in total. The number of nitrogens with zero attached hydrogens (tertiary/aromatic N) is 1. The summed E-state index contributed by atoms with van der Waals surface area (Å²) in [5.41, 5.74) is 0. The first-order valence-electron chi connectivity index (χ1n) is 6.83. The minimum atomic E-state index is -0.404. The number of aliphatic hydroxyl groups is 1. The second-order valence-corrected chi connectivity index (χ2v) is 5.05. The summed E-state index contributed by atoms with van der Waals surface area (Å²) in [6.07, 6.45) is -0.537. The van der Waals surface area contributed by atoms with Crippen LogP contribution in [0, 0.1) is 0 Å². The van der Waals surface area contributed by atoms with E-state index < -0.39 is 6.10 Å². The molecule has 0 aliphatic carbocycles. The molecule has 0 amide bonds. The van der Waals surface area contributed by atoms with Crippen LogP contribution in [0.4, 0.5) is 0 Å². The van der Waals surface area contributed by atoms with E-state index in [9.17, 15) is 5.11 Å². The molecule has 2 aromatic rings. The first-order chi connectivity index (χ1) is 9.28. The molecule has 20 heavy (non-hydrogen) atoms. The number of β-amino-alcohol motifs (C(OH)–C–C–N with tert-alkyl or cyclic N) is 1. The molecule has 1 fully saturated rings. The fraction of sp³-hybridized carbons (Fsp3) is 0.375. The number of fused-ring (bicyclic) bond motifs is 1. The van der Waals surface area contributed by atoms with E-state index in [0.717, 1.165) is 24.2 Å². The van der Waals surface area contributed by atoms with E-state index in [0.29, 0.717) is 6.54 Å². The number of aliphatic hydroxyl groups excluding tert-OH is 1. The number of likely N-dealkylation sites (N-methyl/N-ethyl adjacent to an activating group) is 1. The van der Waals surface area contributed by atoms with E-state index in [1.807, 2.05) is 24.3 Å². The van der Waals surface area contributed by atoms with Crippen LogP contribution < -0.4 is 4.74 Å². The van der Waals surface area contributed by atoms with Crippen LogP contribution in [0.5, 0.6) is 5.75 Å². The van der Waals surface area contributed by atoms with E-state index >= 15 is 0 Å². The van der Waals surface area contributed by atoms with Crippen molar-refractivity contribution in [1.82, 2.24) is 4.90 Å². The normalized spacial score (nSPS) is 22.7. The summed E-state index contributed by atoms with van der Waals surface area (Å²) < 4.78 is 6.04. The van der Waals surface area contributed by atoms with Gasteiger partial charge in [0.15, 0.2) is 0 Å². The van der Waals surface area contributed by atoms with Gasteiger partial charge in [-0.1, -0.05) is 43.3 Å². The van der Waals surface area contributed by atoms with Crippen molar-refractivity contribution in [2.24, 2.45) is 0 Å². The molecule has 3 rings (SSSR count). The average Bonchev–Trinajstić information content (AvgIpc) is 2.80. The van der Waals surface area contributed by atoms with Crippen molar-refractivity contribution < 1.29 is 9.84 Å². The molecule has 0 aromatic heterocycles. The maximum absolute atomic E-state index is 10.1. The van der Waals surface area contributed by atoms with E-state index in [1.165, 1.54) is 5.39 Å². The number of ether oxygens (including phenoxy) is 1. The van der Waals surface area contributed by atoms with Crippen LogP contribution in [0.25, 0.3) is 10.8 Å². The summed E-state index contributed by atoms with van der Waals surface area (Å²) in [4.78, 5) is 2.21. The van der Waals surface area contributed by atoms with E-state index in [1.54, 1.807) is 0 Å². The molecule has 2 atom stereocenters. The summed E-state index contributed by atoms with van der Waals surface area (Å²) in [6, 6.07) is 14.2. The Morgan fingerprint density at radius 2 is 1.90 bits per heavy atom.